The van der Waals surface area contributed by atoms with Crippen molar-refractivity contribution in [2.45, 2.75) is 24.3 Å². The van der Waals surface area contributed by atoms with E-state index in [9.17, 15) is 23.1 Å². The molecule has 0 saturated heterocycles. The Bertz CT molecular complexity index is 913. The first kappa shape index (κ1) is 19.9. The molecular weight excluding hydrogens is 380 g/mol. The maximum absolute atomic E-state index is 12.6. The molecule has 0 spiro atoms. The van der Waals surface area contributed by atoms with E-state index in [1.807, 2.05) is 0 Å². The van der Waals surface area contributed by atoms with Gasteiger partial charge in [0.2, 0.25) is 15.9 Å². The summed E-state index contributed by atoms with van der Waals surface area (Å²) in [5.74, 6) is -1.70. The van der Waals surface area contributed by atoms with Crippen LogP contribution in [0.3, 0.4) is 0 Å². The highest BCUT2D eigenvalue weighted by atomic mass is 35.5. The summed E-state index contributed by atoms with van der Waals surface area (Å²) in [5, 5.41) is 13.8. The van der Waals surface area contributed by atoms with Crippen LogP contribution >= 0.6 is 11.6 Å². The molecule has 7 nitrogen and oxygen atoms in total. The van der Waals surface area contributed by atoms with Crippen molar-refractivity contribution >= 4 is 39.2 Å². The first-order chi connectivity index (χ1) is 12.2. The van der Waals surface area contributed by atoms with Gasteiger partial charge in [-0.3, -0.25) is 4.79 Å². The normalized spacial score (nSPS) is 12.4. The van der Waals surface area contributed by atoms with E-state index in [1.165, 1.54) is 37.3 Å². The molecule has 0 saturated carbocycles. The second-order valence-electron chi connectivity index (χ2n) is 5.48. The van der Waals surface area contributed by atoms with Crippen molar-refractivity contribution in [1.82, 2.24) is 4.72 Å². The summed E-state index contributed by atoms with van der Waals surface area (Å²) < 4.78 is 27.5. The fourth-order valence-electron chi connectivity index (χ4n) is 2.32. The van der Waals surface area contributed by atoms with Crippen LogP contribution in [0.4, 0.5) is 5.69 Å². The van der Waals surface area contributed by atoms with Gasteiger partial charge in [0, 0.05) is 30.0 Å². The summed E-state index contributed by atoms with van der Waals surface area (Å²) in [6, 6.07) is 10.7. The topological polar surface area (TPSA) is 115 Å². The largest absolute Gasteiger partial charge is 0.550 e. The summed E-state index contributed by atoms with van der Waals surface area (Å²) in [7, 11) is -4.03. The van der Waals surface area contributed by atoms with Gasteiger partial charge in [-0.1, -0.05) is 29.8 Å². The monoisotopic (exact) mass is 395 g/mol. The number of nitrogens with one attached hydrogen (secondary N) is 2. The van der Waals surface area contributed by atoms with Crippen LogP contribution in [-0.2, 0) is 19.6 Å². The van der Waals surface area contributed by atoms with Crippen molar-refractivity contribution in [2.75, 3.05) is 5.32 Å². The molecule has 1 amide bonds. The number of aliphatic carboxylic acids is 1. The van der Waals surface area contributed by atoms with Crippen LogP contribution in [0.2, 0.25) is 5.02 Å². The van der Waals surface area contributed by atoms with E-state index < -0.39 is 28.5 Å². The van der Waals surface area contributed by atoms with Crippen LogP contribution in [0.15, 0.2) is 53.4 Å². The van der Waals surface area contributed by atoms with Gasteiger partial charge in [-0.2, -0.15) is 0 Å². The third-order valence-electron chi connectivity index (χ3n) is 3.43. The summed E-state index contributed by atoms with van der Waals surface area (Å²) in [5.41, 5.74) is 0.769. The van der Waals surface area contributed by atoms with E-state index in [1.54, 1.807) is 18.2 Å². The predicted octanol–water partition coefficient (Wildman–Crippen LogP) is 1.46. The number of sulfonamides is 1. The molecule has 9 heteroatoms. The molecule has 0 aliphatic carbocycles. The molecule has 0 unspecified atom stereocenters. The van der Waals surface area contributed by atoms with Gasteiger partial charge in [-0.15, -0.1) is 0 Å². The zero-order valence-corrected chi connectivity index (χ0v) is 15.3. The Kier molecular flexibility index (Phi) is 6.36. The molecule has 138 valence electrons. The van der Waals surface area contributed by atoms with Crippen molar-refractivity contribution in [3.8, 4) is 0 Å². The van der Waals surface area contributed by atoms with Gasteiger partial charge in [0.1, 0.15) is 0 Å². The van der Waals surface area contributed by atoms with Gasteiger partial charge >= 0.3 is 0 Å². The SMILES string of the molecule is CC(=O)Nc1ccc(S(=O)(=O)N[C@H](CC(=O)[O-])c2ccccc2Cl)cc1. The van der Waals surface area contributed by atoms with Crippen LogP contribution in [0.1, 0.15) is 24.9 Å². The number of benzene rings is 2. The first-order valence-electron chi connectivity index (χ1n) is 7.53. The van der Waals surface area contributed by atoms with E-state index in [4.69, 9.17) is 11.6 Å². The van der Waals surface area contributed by atoms with Crippen molar-refractivity contribution in [2.24, 2.45) is 0 Å². The zero-order valence-electron chi connectivity index (χ0n) is 13.7. The molecule has 0 radical (unpaired) electrons. The lowest BCUT2D eigenvalue weighted by Gasteiger charge is -2.21. The molecule has 0 aliphatic heterocycles. The Labute approximate surface area is 156 Å². The Morgan fingerprint density at radius 3 is 2.27 bits per heavy atom. The fraction of sp³-hybridized carbons (Fsp3) is 0.176. The number of rotatable bonds is 7. The van der Waals surface area contributed by atoms with Crippen molar-refractivity contribution in [1.29, 1.82) is 0 Å². The van der Waals surface area contributed by atoms with E-state index in [-0.39, 0.29) is 15.8 Å². The third-order valence-corrected chi connectivity index (χ3v) is 5.27. The van der Waals surface area contributed by atoms with Crippen molar-refractivity contribution < 1.29 is 23.1 Å². The van der Waals surface area contributed by atoms with Crippen LogP contribution < -0.4 is 15.1 Å². The summed E-state index contributed by atoms with van der Waals surface area (Å²) in [6.07, 6.45) is -0.576. The van der Waals surface area contributed by atoms with Crippen LogP contribution in [0.25, 0.3) is 0 Å². The first-order valence-corrected chi connectivity index (χ1v) is 9.39. The lowest BCUT2D eigenvalue weighted by molar-refractivity contribution is -0.306. The van der Waals surface area contributed by atoms with Gasteiger partial charge in [0.05, 0.1) is 10.9 Å². The Morgan fingerprint density at radius 1 is 1.12 bits per heavy atom. The van der Waals surface area contributed by atoms with Gasteiger partial charge < -0.3 is 15.2 Å². The van der Waals surface area contributed by atoms with E-state index in [0.29, 0.717) is 11.3 Å². The predicted molar refractivity (Wildman–Crippen MR) is 94.9 cm³/mol. The molecule has 0 aliphatic rings. The maximum Gasteiger partial charge on any atom is 0.241 e. The van der Waals surface area contributed by atoms with E-state index in [2.05, 4.69) is 10.0 Å². The van der Waals surface area contributed by atoms with Crippen LogP contribution in [0.5, 0.6) is 0 Å². The Balaban J connectivity index is 2.30. The van der Waals surface area contributed by atoms with E-state index >= 15 is 0 Å². The lowest BCUT2D eigenvalue weighted by Crippen LogP contribution is -2.34. The molecule has 2 aromatic rings. The molecule has 2 rings (SSSR count). The molecular formula is C17H16ClN2O5S-. The molecule has 2 aromatic carbocycles. The number of carbonyl (C=O) groups excluding carboxylic acids is 2. The molecule has 0 heterocycles. The number of anilines is 1. The average Bonchev–Trinajstić information content (AvgIpc) is 2.54. The summed E-state index contributed by atoms with van der Waals surface area (Å²) in [4.78, 5) is 22.0. The minimum absolute atomic E-state index is 0.0815. The summed E-state index contributed by atoms with van der Waals surface area (Å²) in [6.45, 7) is 1.33. The van der Waals surface area contributed by atoms with Crippen molar-refractivity contribution in [3.63, 3.8) is 0 Å². The lowest BCUT2D eigenvalue weighted by atomic mass is 10.1. The number of amides is 1. The average molecular weight is 396 g/mol. The number of hydrogen-bond donors (Lipinski definition) is 2. The van der Waals surface area contributed by atoms with E-state index in [0.717, 1.165) is 0 Å². The number of carboxylic acid groups (broad SMARTS) is 1. The fourth-order valence-corrected chi connectivity index (χ4v) is 3.80. The second-order valence-corrected chi connectivity index (χ2v) is 7.60. The van der Waals surface area contributed by atoms with Crippen LogP contribution in [-0.4, -0.2) is 20.3 Å². The molecule has 0 bridgehead atoms. The number of carboxylic acids is 1. The minimum Gasteiger partial charge on any atom is -0.550 e. The second kappa shape index (κ2) is 8.31. The van der Waals surface area contributed by atoms with Gasteiger partial charge in [-0.25, -0.2) is 13.1 Å². The minimum atomic E-state index is -4.03. The van der Waals surface area contributed by atoms with Gasteiger partial charge in [-0.05, 0) is 35.9 Å². The molecule has 2 N–H and O–H groups in total. The highest BCUT2D eigenvalue weighted by molar-refractivity contribution is 7.89. The molecule has 0 fully saturated rings. The number of carbonyl (C=O) groups is 2. The highest BCUT2D eigenvalue weighted by Gasteiger charge is 2.23. The summed E-state index contributed by atoms with van der Waals surface area (Å²) >= 11 is 6.06. The van der Waals surface area contributed by atoms with Gasteiger partial charge in [0.15, 0.2) is 0 Å². The smallest absolute Gasteiger partial charge is 0.241 e. The van der Waals surface area contributed by atoms with Gasteiger partial charge in [0.25, 0.3) is 0 Å². The highest BCUT2D eigenvalue weighted by Crippen LogP contribution is 2.27. The molecule has 1 atom stereocenters. The number of halogens is 1. The standard InChI is InChI=1S/C17H17ClN2O5S/c1-11(21)19-12-6-8-13(9-7-12)26(24,25)20-16(10-17(22)23)14-4-2-3-5-15(14)18/h2-9,16,20H,10H2,1H3,(H,19,21)(H,22,23)/p-1/t16-/m1/s1. The molecule has 26 heavy (non-hydrogen) atoms. The van der Waals surface area contributed by atoms with Crippen molar-refractivity contribution in [3.05, 3.63) is 59.1 Å². The molecule has 0 aromatic heterocycles. The third kappa shape index (κ3) is 5.29. The quantitative estimate of drug-likeness (QED) is 0.736. The zero-order chi connectivity index (χ0) is 19.3. The maximum atomic E-state index is 12.6. The van der Waals surface area contributed by atoms with Crippen LogP contribution in [0, 0.1) is 0 Å². The number of hydrogen-bond acceptors (Lipinski definition) is 5. The Morgan fingerprint density at radius 2 is 1.73 bits per heavy atom. The Hall–Kier alpha value is -2.42.